The summed E-state index contributed by atoms with van der Waals surface area (Å²) < 4.78 is 31.1. The van der Waals surface area contributed by atoms with Gasteiger partial charge in [0.2, 0.25) is 6.10 Å². The molecule has 2 N–H and O–H groups in total. The first-order valence-electron chi connectivity index (χ1n) is 10.1. The number of thiazole rings is 1. The molecular weight excluding hydrogens is 523 g/mol. The first-order valence-corrected chi connectivity index (χ1v) is 13.2. The summed E-state index contributed by atoms with van der Waals surface area (Å²) in [5, 5.41) is 11.8. The maximum absolute atomic E-state index is 13.2. The maximum atomic E-state index is 13.2. The van der Waals surface area contributed by atoms with E-state index >= 15 is 0 Å². The van der Waals surface area contributed by atoms with E-state index in [1.807, 2.05) is 0 Å². The lowest BCUT2D eigenvalue weighted by atomic mass is 10.1. The maximum Gasteiger partial charge on any atom is 0.309 e. The van der Waals surface area contributed by atoms with E-state index < -0.39 is 27.8 Å². The van der Waals surface area contributed by atoms with Crippen LogP contribution in [-0.2, 0) is 25.8 Å². The number of halogens is 2. The lowest BCUT2D eigenvalue weighted by molar-refractivity contribution is -0.136. The van der Waals surface area contributed by atoms with Gasteiger partial charge < -0.3 is 9.84 Å². The van der Waals surface area contributed by atoms with Crippen LogP contribution >= 0.6 is 34.5 Å². The van der Waals surface area contributed by atoms with Crippen LogP contribution in [0.5, 0.6) is 5.75 Å². The highest BCUT2D eigenvalue weighted by Gasteiger charge is 2.37. The van der Waals surface area contributed by atoms with Gasteiger partial charge >= 0.3 is 5.97 Å². The number of anilines is 1. The van der Waals surface area contributed by atoms with Crippen molar-refractivity contribution in [1.29, 1.82) is 0 Å². The highest BCUT2D eigenvalue weighted by Crippen LogP contribution is 2.35. The van der Waals surface area contributed by atoms with Crippen LogP contribution in [0.1, 0.15) is 30.2 Å². The number of aromatic nitrogens is 1. The summed E-state index contributed by atoms with van der Waals surface area (Å²) >= 11 is 12.9. The number of aliphatic carboxylic acids is 1. The molecule has 3 aromatic rings. The molecule has 2 aromatic carbocycles. The van der Waals surface area contributed by atoms with Gasteiger partial charge in [0.25, 0.3) is 5.91 Å². The monoisotopic (exact) mass is 540 g/mol. The molecule has 1 atom stereocenters. The van der Waals surface area contributed by atoms with Gasteiger partial charge in [-0.25, -0.2) is 13.4 Å². The van der Waals surface area contributed by atoms with Crippen molar-refractivity contribution >= 4 is 61.4 Å². The molecule has 1 aromatic heterocycles. The van der Waals surface area contributed by atoms with E-state index in [1.165, 1.54) is 24.3 Å². The number of sulfone groups is 1. The van der Waals surface area contributed by atoms with Crippen molar-refractivity contribution in [3.05, 3.63) is 69.1 Å². The highest BCUT2D eigenvalue weighted by molar-refractivity contribution is 7.92. The number of carboxylic acid groups (broad SMARTS) is 1. The first kappa shape index (κ1) is 24.5. The average Bonchev–Trinajstić information content (AvgIpc) is 3.59. The average molecular weight is 541 g/mol. The molecule has 1 amide bonds. The second-order valence-corrected chi connectivity index (χ2v) is 11.8. The van der Waals surface area contributed by atoms with Crippen LogP contribution in [0, 0.1) is 0 Å². The van der Waals surface area contributed by atoms with E-state index in [-0.39, 0.29) is 31.7 Å². The fraction of sp³-hybridized carbons (Fsp3) is 0.227. The minimum absolute atomic E-state index is 0.115. The number of hydrogen-bond acceptors (Lipinski definition) is 7. The standard InChI is InChI=1S/C22H18Cl2N2O6S2/c23-13-3-5-14(6-4-13)32-19(12-1-7-15(8-2-12)34(30,31)16-9-10-16)21(29)26-22-25-17(11-18(27)28)20(24)33-22/h1-8,16,19H,9-11H2,(H,27,28)(H,25,26,29). The SMILES string of the molecule is O=C(O)Cc1nc(NC(=O)C(Oc2ccc(Cl)cc2)c2ccc(S(=O)(=O)C3CC3)cc2)sc1Cl. The summed E-state index contributed by atoms with van der Waals surface area (Å²) in [6.07, 6.45) is -0.249. The van der Waals surface area contributed by atoms with Crippen LogP contribution in [0.2, 0.25) is 9.36 Å². The minimum Gasteiger partial charge on any atom is -0.481 e. The normalized spacial score (nSPS) is 14.4. The summed E-state index contributed by atoms with van der Waals surface area (Å²) in [5.41, 5.74) is 0.551. The molecule has 1 aliphatic carbocycles. The number of ether oxygens (including phenoxy) is 1. The number of hydrogen-bond donors (Lipinski definition) is 2. The van der Waals surface area contributed by atoms with Gasteiger partial charge in [-0.1, -0.05) is 46.7 Å². The quantitative estimate of drug-likeness (QED) is 0.400. The molecule has 34 heavy (non-hydrogen) atoms. The smallest absolute Gasteiger partial charge is 0.309 e. The van der Waals surface area contributed by atoms with Crippen molar-refractivity contribution in [2.45, 2.75) is 35.5 Å². The zero-order valence-electron chi connectivity index (χ0n) is 17.4. The first-order chi connectivity index (χ1) is 16.1. The summed E-state index contributed by atoms with van der Waals surface area (Å²) in [5.74, 6) is -1.33. The number of carboxylic acids is 1. The van der Waals surface area contributed by atoms with Gasteiger partial charge in [0.05, 0.1) is 22.3 Å². The van der Waals surface area contributed by atoms with Crippen molar-refractivity contribution < 1.29 is 27.9 Å². The van der Waals surface area contributed by atoms with E-state index in [0.717, 1.165) is 11.3 Å². The van der Waals surface area contributed by atoms with Gasteiger partial charge in [-0.2, -0.15) is 0 Å². The topological polar surface area (TPSA) is 123 Å². The van der Waals surface area contributed by atoms with Crippen LogP contribution < -0.4 is 10.1 Å². The second-order valence-electron chi connectivity index (χ2n) is 7.56. The van der Waals surface area contributed by atoms with Gasteiger partial charge in [0.1, 0.15) is 10.1 Å². The summed E-state index contributed by atoms with van der Waals surface area (Å²) in [7, 11) is -3.38. The lowest BCUT2D eigenvalue weighted by Gasteiger charge is -2.19. The van der Waals surface area contributed by atoms with Gasteiger partial charge in [-0.05, 0) is 49.2 Å². The highest BCUT2D eigenvalue weighted by atomic mass is 35.5. The van der Waals surface area contributed by atoms with Crippen molar-refractivity contribution in [2.75, 3.05) is 5.32 Å². The van der Waals surface area contributed by atoms with E-state index in [2.05, 4.69) is 10.3 Å². The zero-order valence-corrected chi connectivity index (χ0v) is 20.5. The van der Waals surface area contributed by atoms with Gasteiger partial charge in [-0.15, -0.1) is 0 Å². The number of amides is 1. The minimum atomic E-state index is -3.38. The molecule has 0 spiro atoms. The number of carbonyl (C=O) groups excluding carboxylic acids is 1. The van der Waals surface area contributed by atoms with Crippen molar-refractivity contribution in [3.8, 4) is 5.75 Å². The number of benzene rings is 2. The Kier molecular flexibility index (Phi) is 7.13. The molecule has 1 aliphatic rings. The summed E-state index contributed by atoms with van der Waals surface area (Å²) in [6.45, 7) is 0. The number of carbonyl (C=O) groups is 2. The van der Waals surface area contributed by atoms with E-state index in [9.17, 15) is 18.0 Å². The fourth-order valence-corrected chi connectivity index (χ4v) is 5.96. The Balaban J connectivity index is 1.60. The third-order valence-electron chi connectivity index (χ3n) is 4.98. The number of rotatable bonds is 9. The van der Waals surface area contributed by atoms with E-state index in [4.69, 9.17) is 33.0 Å². The van der Waals surface area contributed by atoms with Crippen LogP contribution in [0.3, 0.4) is 0 Å². The zero-order chi connectivity index (χ0) is 24.5. The number of nitrogens with zero attached hydrogens (tertiary/aromatic N) is 1. The van der Waals surface area contributed by atoms with Gasteiger partial charge in [0.15, 0.2) is 15.0 Å². The predicted octanol–water partition coefficient (Wildman–Crippen LogP) is 4.77. The van der Waals surface area contributed by atoms with Crippen molar-refractivity contribution in [2.24, 2.45) is 0 Å². The molecule has 0 bridgehead atoms. The van der Waals surface area contributed by atoms with Crippen LogP contribution in [0.15, 0.2) is 53.4 Å². The molecule has 0 aliphatic heterocycles. The molecule has 0 saturated heterocycles. The molecule has 4 rings (SSSR count). The largest absolute Gasteiger partial charge is 0.481 e. The van der Waals surface area contributed by atoms with Crippen LogP contribution in [-0.4, -0.2) is 35.6 Å². The number of nitrogens with one attached hydrogen (secondary N) is 1. The fourth-order valence-electron chi connectivity index (χ4n) is 3.14. The Morgan fingerprint density at radius 3 is 2.35 bits per heavy atom. The summed E-state index contributed by atoms with van der Waals surface area (Å²) in [6, 6.07) is 12.4. The molecule has 12 heteroatoms. The second kappa shape index (κ2) is 9.91. The molecular formula is C22H18Cl2N2O6S2. The van der Waals surface area contributed by atoms with Gasteiger partial charge in [0, 0.05) is 10.6 Å². The summed E-state index contributed by atoms with van der Waals surface area (Å²) in [4.78, 5) is 28.4. The third-order valence-corrected chi connectivity index (χ3v) is 8.76. The molecule has 1 fully saturated rings. The van der Waals surface area contributed by atoms with Crippen molar-refractivity contribution in [3.63, 3.8) is 0 Å². The Morgan fingerprint density at radius 2 is 1.76 bits per heavy atom. The van der Waals surface area contributed by atoms with Gasteiger partial charge in [-0.3, -0.25) is 14.9 Å². The lowest BCUT2D eigenvalue weighted by Crippen LogP contribution is -2.25. The molecule has 178 valence electrons. The molecule has 1 unspecified atom stereocenters. The Morgan fingerprint density at radius 1 is 1.12 bits per heavy atom. The molecule has 1 heterocycles. The predicted molar refractivity (Wildman–Crippen MR) is 129 cm³/mol. The van der Waals surface area contributed by atoms with E-state index in [0.29, 0.717) is 29.2 Å². The third kappa shape index (κ3) is 5.69. The van der Waals surface area contributed by atoms with Crippen molar-refractivity contribution in [1.82, 2.24) is 4.98 Å². The molecule has 0 radical (unpaired) electrons. The Bertz CT molecular complexity index is 1320. The molecule has 8 nitrogen and oxygen atoms in total. The Hall–Kier alpha value is -2.66. The Labute approximate surface area is 209 Å². The molecule has 1 saturated carbocycles. The van der Waals surface area contributed by atoms with Crippen LogP contribution in [0.25, 0.3) is 0 Å². The van der Waals surface area contributed by atoms with Crippen LogP contribution in [0.4, 0.5) is 5.13 Å². The van der Waals surface area contributed by atoms with E-state index in [1.54, 1.807) is 24.3 Å².